The normalized spacial score (nSPS) is 27.9. The summed E-state index contributed by atoms with van der Waals surface area (Å²) in [7, 11) is 0. The Morgan fingerprint density at radius 2 is 2.00 bits per heavy atom. The van der Waals surface area contributed by atoms with E-state index in [4.69, 9.17) is 5.73 Å². The lowest BCUT2D eigenvalue weighted by atomic mass is 9.70. The van der Waals surface area contributed by atoms with Gasteiger partial charge >= 0.3 is 0 Å². The van der Waals surface area contributed by atoms with E-state index in [0.29, 0.717) is 6.04 Å². The van der Waals surface area contributed by atoms with Crippen molar-refractivity contribution < 1.29 is 0 Å². The van der Waals surface area contributed by atoms with Crippen LogP contribution >= 0.6 is 0 Å². The van der Waals surface area contributed by atoms with Gasteiger partial charge in [-0.25, -0.2) is 0 Å². The van der Waals surface area contributed by atoms with Crippen molar-refractivity contribution in [2.24, 2.45) is 11.1 Å². The van der Waals surface area contributed by atoms with Crippen molar-refractivity contribution in [2.45, 2.75) is 70.8 Å². The van der Waals surface area contributed by atoms with Gasteiger partial charge in [0.05, 0.1) is 11.5 Å². The van der Waals surface area contributed by atoms with Crippen molar-refractivity contribution in [3.8, 4) is 6.07 Å². The summed E-state index contributed by atoms with van der Waals surface area (Å²) in [6.45, 7) is 4.01. The first-order chi connectivity index (χ1) is 8.76. The molecule has 0 aromatic rings. The van der Waals surface area contributed by atoms with Gasteiger partial charge in [0.2, 0.25) is 0 Å². The average molecular weight is 251 g/mol. The lowest BCUT2D eigenvalue weighted by molar-refractivity contribution is 0.207. The summed E-state index contributed by atoms with van der Waals surface area (Å²) in [6.07, 6.45) is 10.3. The number of nitrogens with two attached hydrogens (primary N) is 1. The van der Waals surface area contributed by atoms with E-state index >= 15 is 0 Å². The fraction of sp³-hybridized carbons (Fsp3) is 0.933. The Balaban J connectivity index is 2.28. The Hall–Kier alpha value is -0.590. The lowest BCUT2D eigenvalue weighted by Gasteiger charge is -2.35. The van der Waals surface area contributed by atoms with Crippen LogP contribution in [-0.2, 0) is 0 Å². The van der Waals surface area contributed by atoms with Crippen LogP contribution in [0.4, 0.5) is 0 Å². The van der Waals surface area contributed by atoms with Gasteiger partial charge < -0.3 is 11.1 Å². The van der Waals surface area contributed by atoms with Crippen LogP contribution in [0.2, 0.25) is 0 Å². The molecule has 1 rings (SSSR count). The molecule has 3 N–H and O–H groups in total. The van der Waals surface area contributed by atoms with E-state index in [9.17, 15) is 5.26 Å². The van der Waals surface area contributed by atoms with E-state index in [-0.39, 0.29) is 5.41 Å². The molecule has 0 aromatic heterocycles. The van der Waals surface area contributed by atoms with Crippen molar-refractivity contribution in [1.82, 2.24) is 5.32 Å². The fourth-order valence-corrected chi connectivity index (χ4v) is 2.91. The summed E-state index contributed by atoms with van der Waals surface area (Å²) in [5, 5.41) is 13.0. The summed E-state index contributed by atoms with van der Waals surface area (Å²) >= 11 is 0. The highest BCUT2D eigenvalue weighted by molar-refractivity contribution is 5.02. The summed E-state index contributed by atoms with van der Waals surface area (Å²) in [4.78, 5) is 0. The standard InChI is InChI=1S/C15H29N3/c1-2-3-4-8-15(13-17)9-6-14(7-10-15)18-12-5-11-16/h14,18H,2-12,16H2,1H3. The first-order valence-corrected chi connectivity index (χ1v) is 7.61. The second kappa shape index (κ2) is 8.50. The van der Waals surface area contributed by atoms with Crippen LogP contribution in [-0.4, -0.2) is 19.1 Å². The Bertz CT molecular complexity index is 249. The van der Waals surface area contributed by atoms with Gasteiger partial charge in [-0.3, -0.25) is 0 Å². The number of rotatable bonds is 8. The molecule has 0 spiro atoms. The smallest absolute Gasteiger partial charge is 0.0689 e. The van der Waals surface area contributed by atoms with Gasteiger partial charge in [0.1, 0.15) is 0 Å². The largest absolute Gasteiger partial charge is 0.330 e. The minimum Gasteiger partial charge on any atom is -0.330 e. The number of nitriles is 1. The van der Waals surface area contributed by atoms with Crippen LogP contribution in [0.25, 0.3) is 0 Å². The summed E-state index contributed by atoms with van der Waals surface area (Å²) < 4.78 is 0. The number of hydrogen-bond donors (Lipinski definition) is 2. The fourth-order valence-electron chi connectivity index (χ4n) is 2.91. The van der Waals surface area contributed by atoms with Crippen LogP contribution in [0.5, 0.6) is 0 Å². The molecule has 0 bridgehead atoms. The zero-order valence-corrected chi connectivity index (χ0v) is 11.9. The maximum absolute atomic E-state index is 9.45. The van der Waals surface area contributed by atoms with Crippen LogP contribution in [0.3, 0.4) is 0 Å². The van der Waals surface area contributed by atoms with Crippen LogP contribution in [0.1, 0.15) is 64.7 Å². The first kappa shape index (κ1) is 15.5. The Morgan fingerprint density at radius 1 is 1.28 bits per heavy atom. The maximum Gasteiger partial charge on any atom is 0.0689 e. The predicted octanol–water partition coefficient (Wildman–Crippen LogP) is 2.96. The molecule has 1 fully saturated rings. The molecule has 3 nitrogen and oxygen atoms in total. The van der Waals surface area contributed by atoms with Gasteiger partial charge in [-0.05, 0) is 51.6 Å². The molecule has 1 aliphatic carbocycles. The number of nitrogens with one attached hydrogen (secondary N) is 1. The first-order valence-electron chi connectivity index (χ1n) is 7.61. The van der Waals surface area contributed by atoms with Crippen LogP contribution in [0, 0.1) is 16.7 Å². The highest BCUT2D eigenvalue weighted by Gasteiger charge is 2.34. The molecule has 0 aromatic carbocycles. The molecule has 0 radical (unpaired) electrons. The van der Waals surface area contributed by atoms with E-state index in [1.165, 1.54) is 19.3 Å². The zero-order valence-electron chi connectivity index (χ0n) is 11.9. The van der Waals surface area contributed by atoms with Crippen LogP contribution in [0.15, 0.2) is 0 Å². The third kappa shape index (κ3) is 4.96. The Labute approximate surface area is 112 Å². The van der Waals surface area contributed by atoms with Gasteiger partial charge in [0.25, 0.3) is 0 Å². The molecule has 0 atom stereocenters. The maximum atomic E-state index is 9.45. The molecule has 1 saturated carbocycles. The topological polar surface area (TPSA) is 61.8 Å². The van der Waals surface area contributed by atoms with E-state index in [0.717, 1.165) is 51.6 Å². The lowest BCUT2D eigenvalue weighted by Crippen LogP contribution is -2.38. The van der Waals surface area contributed by atoms with E-state index in [2.05, 4.69) is 18.3 Å². The third-order valence-electron chi connectivity index (χ3n) is 4.25. The SMILES string of the molecule is CCCCCC1(C#N)CCC(NCCCN)CC1. The number of hydrogen-bond acceptors (Lipinski definition) is 3. The second-order valence-corrected chi connectivity index (χ2v) is 5.72. The van der Waals surface area contributed by atoms with Gasteiger partial charge in [0.15, 0.2) is 0 Å². The monoisotopic (exact) mass is 251 g/mol. The number of unbranched alkanes of at least 4 members (excludes halogenated alkanes) is 2. The van der Waals surface area contributed by atoms with Crippen molar-refractivity contribution in [1.29, 1.82) is 5.26 Å². The van der Waals surface area contributed by atoms with Gasteiger partial charge in [0, 0.05) is 6.04 Å². The molecule has 0 unspecified atom stereocenters. The van der Waals surface area contributed by atoms with Crippen molar-refractivity contribution in [3.63, 3.8) is 0 Å². The third-order valence-corrected chi connectivity index (χ3v) is 4.25. The molecule has 0 aliphatic heterocycles. The molecule has 0 heterocycles. The van der Waals surface area contributed by atoms with Crippen molar-refractivity contribution >= 4 is 0 Å². The quantitative estimate of drug-likeness (QED) is 0.652. The van der Waals surface area contributed by atoms with Gasteiger partial charge in [-0.15, -0.1) is 0 Å². The average Bonchev–Trinajstić information content (AvgIpc) is 2.41. The van der Waals surface area contributed by atoms with E-state index < -0.39 is 0 Å². The minimum atomic E-state index is -0.0127. The van der Waals surface area contributed by atoms with Gasteiger partial charge in [-0.1, -0.05) is 26.2 Å². The molecular formula is C15H29N3. The Kier molecular flexibility index (Phi) is 7.31. The van der Waals surface area contributed by atoms with E-state index in [1.54, 1.807) is 0 Å². The summed E-state index contributed by atoms with van der Waals surface area (Å²) in [5.74, 6) is 0. The minimum absolute atomic E-state index is 0.0127. The summed E-state index contributed by atoms with van der Waals surface area (Å²) in [5.41, 5.74) is 5.48. The predicted molar refractivity (Wildman–Crippen MR) is 76.1 cm³/mol. The molecule has 104 valence electrons. The Morgan fingerprint density at radius 3 is 2.56 bits per heavy atom. The molecule has 1 aliphatic rings. The number of nitrogens with zero attached hydrogens (tertiary/aromatic N) is 1. The second-order valence-electron chi connectivity index (χ2n) is 5.72. The summed E-state index contributed by atoms with van der Waals surface area (Å²) in [6, 6.07) is 3.23. The molecule has 0 saturated heterocycles. The molecular weight excluding hydrogens is 222 g/mol. The zero-order chi connectivity index (χ0) is 13.3. The van der Waals surface area contributed by atoms with E-state index in [1.807, 2.05) is 0 Å². The van der Waals surface area contributed by atoms with Gasteiger partial charge in [-0.2, -0.15) is 5.26 Å². The van der Waals surface area contributed by atoms with Crippen molar-refractivity contribution in [3.05, 3.63) is 0 Å². The van der Waals surface area contributed by atoms with Crippen molar-refractivity contribution in [2.75, 3.05) is 13.1 Å². The molecule has 0 amide bonds. The van der Waals surface area contributed by atoms with Crippen LogP contribution < -0.4 is 11.1 Å². The highest BCUT2D eigenvalue weighted by atomic mass is 14.9. The highest BCUT2D eigenvalue weighted by Crippen LogP contribution is 2.40. The molecule has 18 heavy (non-hydrogen) atoms. The molecule has 3 heteroatoms.